The van der Waals surface area contributed by atoms with Gasteiger partial charge in [0.25, 0.3) is 11.8 Å². The predicted molar refractivity (Wildman–Crippen MR) is 126 cm³/mol. The predicted octanol–water partition coefficient (Wildman–Crippen LogP) is 2.34. The largest absolute Gasteiger partial charge is 0.346 e. The van der Waals surface area contributed by atoms with Crippen LogP contribution in [-0.2, 0) is 16.1 Å². The highest BCUT2D eigenvalue weighted by molar-refractivity contribution is 6.23. The number of H-pyrrole nitrogens is 1. The number of fused-ring (bicyclic) bond motifs is 2. The second kappa shape index (κ2) is 8.42. The number of rotatable bonds is 4. The molecule has 9 nitrogen and oxygen atoms in total. The van der Waals surface area contributed by atoms with Gasteiger partial charge >= 0.3 is 0 Å². The van der Waals surface area contributed by atoms with Crippen molar-refractivity contribution in [2.45, 2.75) is 44.2 Å². The molecule has 1 atom stereocenters. The standard InChI is InChI=1S/C26H25N5O4/c32-22-6-5-21(24(33)29-22)31-25(34)18-4-3-15(12-19(18)26(31)35)14-30-10-7-16(8-11-30)20-13-28-23-17(20)2-1-9-27-23/h1-4,9,12-13,16,21H,5-8,10-11,14H2,(H,27,28)(H,29,32,33). The Hall–Kier alpha value is -3.85. The van der Waals surface area contributed by atoms with E-state index in [0.29, 0.717) is 23.6 Å². The number of carbonyl (C=O) groups excluding carboxylic acids is 4. The van der Waals surface area contributed by atoms with Gasteiger partial charge in [-0.15, -0.1) is 0 Å². The number of pyridine rings is 1. The molecule has 35 heavy (non-hydrogen) atoms. The number of hydrogen-bond acceptors (Lipinski definition) is 6. The number of nitrogens with one attached hydrogen (secondary N) is 2. The van der Waals surface area contributed by atoms with Gasteiger partial charge in [-0.05, 0) is 73.7 Å². The molecule has 2 saturated heterocycles. The van der Waals surface area contributed by atoms with Gasteiger partial charge in [0.1, 0.15) is 11.7 Å². The summed E-state index contributed by atoms with van der Waals surface area (Å²) in [5, 5.41) is 3.42. The second-order valence-corrected chi connectivity index (χ2v) is 9.52. The van der Waals surface area contributed by atoms with E-state index in [2.05, 4.69) is 32.4 Å². The summed E-state index contributed by atoms with van der Waals surface area (Å²) in [6.07, 6.45) is 6.21. The van der Waals surface area contributed by atoms with Crippen LogP contribution in [0.25, 0.3) is 11.0 Å². The van der Waals surface area contributed by atoms with Crippen LogP contribution in [0.3, 0.4) is 0 Å². The smallest absolute Gasteiger partial charge is 0.262 e. The summed E-state index contributed by atoms with van der Waals surface area (Å²) >= 11 is 0. The highest BCUT2D eigenvalue weighted by Gasteiger charge is 2.44. The van der Waals surface area contributed by atoms with Gasteiger partial charge in [0, 0.05) is 30.7 Å². The van der Waals surface area contributed by atoms with Gasteiger partial charge in [-0.2, -0.15) is 0 Å². The molecule has 0 aliphatic carbocycles. The van der Waals surface area contributed by atoms with E-state index < -0.39 is 23.8 Å². The molecule has 1 aromatic carbocycles. The minimum absolute atomic E-state index is 0.111. The van der Waals surface area contributed by atoms with Crippen molar-refractivity contribution in [3.8, 4) is 0 Å². The number of aromatic nitrogens is 2. The molecule has 0 spiro atoms. The zero-order valence-electron chi connectivity index (χ0n) is 19.1. The number of amides is 4. The van der Waals surface area contributed by atoms with Gasteiger partial charge < -0.3 is 4.98 Å². The van der Waals surface area contributed by atoms with Crippen LogP contribution in [0.15, 0.2) is 42.7 Å². The molecule has 0 bridgehead atoms. The zero-order chi connectivity index (χ0) is 24.1. The summed E-state index contributed by atoms with van der Waals surface area (Å²) in [4.78, 5) is 60.7. The summed E-state index contributed by atoms with van der Waals surface area (Å²) in [5.41, 5.74) is 3.86. The first-order valence-corrected chi connectivity index (χ1v) is 12.0. The van der Waals surface area contributed by atoms with E-state index >= 15 is 0 Å². The molecule has 0 radical (unpaired) electrons. The Balaban J connectivity index is 1.13. The maximum atomic E-state index is 13.1. The van der Waals surface area contributed by atoms with Crippen molar-refractivity contribution in [3.63, 3.8) is 0 Å². The molecule has 2 aromatic heterocycles. The molecule has 3 aliphatic rings. The van der Waals surface area contributed by atoms with Crippen LogP contribution in [0.5, 0.6) is 0 Å². The summed E-state index contributed by atoms with van der Waals surface area (Å²) < 4.78 is 0. The Morgan fingerprint density at radius 2 is 1.77 bits per heavy atom. The summed E-state index contributed by atoms with van der Waals surface area (Å²) in [6.45, 7) is 2.56. The van der Waals surface area contributed by atoms with E-state index in [4.69, 9.17) is 0 Å². The maximum absolute atomic E-state index is 13.1. The second-order valence-electron chi connectivity index (χ2n) is 9.52. The molecule has 5 heterocycles. The van der Waals surface area contributed by atoms with E-state index in [1.54, 1.807) is 18.3 Å². The summed E-state index contributed by atoms with van der Waals surface area (Å²) in [6, 6.07) is 8.48. The third-order valence-corrected chi connectivity index (χ3v) is 7.42. The number of nitrogens with zero attached hydrogens (tertiary/aromatic N) is 3. The highest BCUT2D eigenvalue weighted by atomic mass is 16.2. The first kappa shape index (κ1) is 21.7. The molecule has 1 unspecified atom stereocenters. The number of piperidine rings is 2. The van der Waals surface area contributed by atoms with E-state index in [-0.39, 0.29) is 18.7 Å². The lowest BCUT2D eigenvalue weighted by Crippen LogP contribution is -2.54. The molecule has 9 heteroatoms. The third-order valence-electron chi connectivity index (χ3n) is 7.42. The number of likely N-dealkylation sites (tertiary alicyclic amines) is 1. The van der Waals surface area contributed by atoms with Crippen LogP contribution in [0.2, 0.25) is 0 Å². The third kappa shape index (κ3) is 3.72. The highest BCUT2D eigenvalue weighted by Crippen LogP contribution is 2.33. The first-order valence-electron chi connectivity index (χ1n) is 12.0. The lowest BCUT2D eigenvalue weighted by Gasteiger charge is -2.32. The van der Waals surface area contributed by atoms with E-state index in [1.165, 1.54) is 10.9 Å². The van der Waals surface area contributed by atoms with Gasteiger partial charge in [-0.1, -0.05) is 6.07 Å². The Morgan fingerprint density at radius 1 is 0.971 bits per heavy atom. The number of imide groups is 2. The Kier molecular flexibility index (Phi) is 5.21. The van der Waals surface area contributed by atoms with Crippen molar-refractivity contribution in [2.75, 3.05) is 13.1 Å². The molecular formula is C26H25N5O4. The quantitative estimate of drug-likeness (QED) is 0.565. The molecule has 6 rings (SSSR count). The van der Waals surface area contributed by atoms with Crippen LogP contribution >= 0.6 is 0 Å². The monoisotopic (exact) mass is 471 g/mol. The molecule has 2 N–H and O–H groups in total. The zero-order valence-corrected chi connectivity index (χ0v) is 19.1. The van der Waals surface area contributed by atoms with E-state index in [1.807, 2.05) is 12.1 Å². The Bertz CT molecular complexity index is 1370. The van der Waals surface area contributed by atoms with E-state index in [9.17, 15) is 19.2 Å². The average Bonchev–Trinajstić information content (AvgIpc) is 3.39. The lowest BCUT2D eigenvalue weighted by molar-refractivity contribution is -0.136. The van der Waals surface area contributed by atoms with Gasteiger partial charge in [-0.25, -0.2) is 4.98 Å². The summed E-state index contributed by atoms with van der Waals surface area (Å²) in [7, 11) is 0. The van der Waals surface area contributed by atoms with Crippen molar-refractivity contribution in [3.05, 3.63) is 65.0 Å². The van der Waals surface area contributed by atoms with Crippen LogP contribution in [-0.4, -0.2) is 62.5 Å². The first-order chi connectivity index (χ1) is 17.0. The lowest BCUT2D eigenvalue weighted by atomic mass is 9.89. The Labute approximate surface area is 201 Å². The number of benzene rings is 1. The molecule has 0 saturated carbocycles. The summed E-state index contributed by atoms with van der Waals surface area (Å²) in [5.74, 6) is -1.43. The Morgan fingerprint density at radius 3 is 2.57 bits per heavy atom. The van der Waals surface area contributed by atoms with Gasteiger partial charge in [0.15, 0.2) is 0 Å². The average molecular weight is 472 g/mol. The molecule has 3 aliphatic heterocycles. The van der Waals surface area contributed by atoms with Gasteiger partial charge in [0.2, 0.25) is 11.8 Å². The number of aromatic amines is 1. The van der Waals surface area contributed by atoms with Crippen LogP contribution in [0.4, 0.5) is 0 Å². The van der Waals surface area contributed by atoms with Crippen LogP contribution < -0.4 is 5.32 Å². The molecule has 2 fully saturated rings. The molecule has 4 amide bonds. The van der Waals surface area contributed by atoms with Gasteiger partial charge in [-0.3, -0.25) is 34.3 Å². The number of carbonyl (C=O) groups is 4. The topological polar surface area (TPSA) is 115 Å². The van der Waals surface area contributed by atoms with Crippen LogP contribution in [0.1, 0.15) is 63.4 Å². The van der Waals surface area contributed by atoms with Gasteiger partial charge in [0.05, 0.1) is 11.1 Å². The molecule has 3 aromatic rings. The number of hydrogen-bond donors (Lipinski definition) is 2. The normalized spacial score (nSPS) is 21.6. The van der Waals surface area contributed by atoms with Crippen molar-refractivity contribution >= 4 is 34.7 Å². The fourth-order valence-electron chi connectivity index (χ4n) is 5.59. The molecule has 178 valence electrons. The maximum Gasteiger partial charge on any atom is 0.262 e. The van der Waals surface area contributed by atoms with Crippen molar-refractivity contribution < 1.29 is 19.2 Å². The minimum atomic E-state index is -0.942. The minimum Gasteiger partial charge on any atom is -0.346 e. The van der Waals surface area contributed by atoms with Crippen molar-refractivity contribution in [2.24, 2.45) is 0 Å². The van der Waals surface area contributed by atoms with Crippen molar-refractivity contribution in [1.82, 2.24) is 25.1 Å². The van der Waals surface area contributed by atoms with Crippen LogP contribution in [0, 0.1) is 0 Å². The van der Waals surface area contributed by atoms with Crippen molar-refractivity contribution in [1.29, 1.82) is 0 Å². The molecular weight excluding hydrogens is 446 g/mol. The SMILES string of the molecule is O=C1CCC(N2C(=O)c3ccc(CN4CCC(c5c[nH]c6ncccc56)CC4)cc3C2=O)C(=O)N1. The van der Waals surface area contributed by atoms with E-state index in [0.717, 1.165) is 42.0 Å². The fraction of sp³-hybridized carbons (Fsp3) is 0.346. The fourth-order valence-corrected chi connectivity index (χ4v) is 5.59.